The Morgan fingerprint density at radius 2 is 2.11 bits per heavy atom. The first kappa shape index (κ1) is 18.6. The quantitative estimate of drug-likeness (QED) is 0.701. The van der Waals surface area contributed by atoms with Crippen LogP contribution in [0.15, 0.2) is 4.52 Å². The van der Waals surface area contributed by atoms with Crippen LogP contribution in [0.4, 0.5) is 0 Å². The summed E-state index contributed by atoms with van der Waals surface area (Å²) in [5, 5.41) is 8.47. The molecule has 10 heteroatoms. The SMILES string of the molecule is CC(C)n1nc(-c2nc(CCN(C)S(=O)(=O)C3CC3)no2)c2c1CCOC2. The van der Waals surface area contributed by atoms with Crippen LogP contribution < -0.4 is 0 Å². The highest BCUT2D eigenvalue weighted by Crippen LogP contribution is 2.31. The van der Waals surface area contributed by atoms with Crippen molar-refractivity contribution < 1.29 is 17.7 Å². The minimum Gasteiger partial charge on any atom is -0.376 e. The van der Waals surface area contributed by atoms with E-state index in [1.807, 2.05) is 4.68 Å². The van der Waals surface area contributed by atoms with Gasteiger partial charge in [0.2, 0.25) is 10.0 Å². The van der Waals surface area contributed by atoms with E-state index in [-0.39, 0.29) is 11.3 Å². The third-order valence-corrected chi connectivity index (χ3v) is 7.40. The van der Waals surface area contributed by atoms with Gasteiger partial charge in [0.15, 0.2) is 11.5 Å². The Kier molecular flexibility index (Phi) is 4.81. The second-order valence-electron chi connectivity index (χ2n) is 7.45. The molecule has 0 atom stereocenters. The first-order valence-electron chi connectivity index (χ1n) is 9.34. The summed E-state index contributed by atoms with van der Waals surface area (Å²) in [6.45, 7) is 5.67. The van der Waals surface area contributed by atoms with Crippen LogP contribution in [0, 0.1) is 0 Å². The Morgan fingerprint density at radius 3 is 2.81 bits per heavy atom. The molecule has 148 valence electrons. The number of aromatic nitrogens is 4. The molecule has 2 aliphatic rings. The number of likely N-dealkylation sites (N-methyl/N-ethyl adjacent to an activating group) is 1. The Labute approximate surface area is 158 Å². The smallest absolute Gasteiger partial charge is 0.278 e. The monoisotopic (exact) mass is 395 g/mol. The normalized spacial score (nSPS) is 17.7. The number of fused-ring (bicyclic) bond motifs is 1. The van der Waals surface area contributed by atoms with Gasteiger partial charge in [-0.15, -0.1) is 0 Å². The molecule has 27 heavy (non-hydrogen) atoms. The number of hydrogen-bond donors (Lipinski definition) is 0. The zero-order valence-corrected chi connectivity index (χ0v) is 16.7. The maximum absolute atomic E-state index is 12.2. The Balaban J connectivity index is 1.51. The Hall–Kier alpha value is -1.78. The van der Waals surface area contributed by atoms with Gasteiger partial charge in [-0.2, -0.15) is 10.1 Å². The molecule has 0 unspecified atom stereocenters. The predicted molar refractivity (Wildman–Crippen MR) is 97.5 cm³/mol. The van der Waals surface area contributed by atoms with Crippen LogP contribution in [-0.4, -0.2) is 58.1 Å². The van der Waals surface area contributed by atoms with Crippen molar-refractivity contribution in [3.8, 4) is 11.6 Å². The van der Waals surface area contributed by atoms with E-state index in [4.69, 9.17) is 9.26 Å². The second kappa shape index (κ2) is 6.99. The highest BCUT2D eigenvalue weighted by Gasteiger charge is 2.38. The number of rotatable bonds is 7. The van der Waals surface area contributed by atoms with Gasteiger partial charge >= 0.3 is 0 Å². The van der Waals surface area contributed by atoms with Crippen LogP contribution in [0.5, 0.6) is 0 Å². The standard InChI is InChI=1S/C17H25N5O4S/c1-11(2)22-14-7-9-25-10-13(14)16(19-22)17-18-15(20-26-17)6-8-21(3)27(23,24)12-4-5-12/h11-12H,4-10H2,1-3H3. The lowest BCUT2D eigenvalue weighted by Gasteiger charge is -2.16. The van der Waals surface area contributed by atoms with E-state index in [9.17, 15) is 8.42 Å². The number of nitrogens with zero attached hydrogens (tertiary/aromatic N) is 5. The average Bonchev–Trinajstić information content (AvgIpc) is 3.29. The summed E-state index contributed by atoms with van der Waals surface area (Å²) in [5.41, 5.74) is 2.82. The summed E-state index contributed by atoms with van der Waals surface area (Å²) >= 11 is 0. The lowest BCUT2D eigenvalue weighted by atomic mass is 10.1. The van der Waals surface area contributed by atoms with Gasteiger partial charge in [-0.3, -0.25) is 4.68 Å². The number of ether oxygens (including phenoxy) is 1. The van der Waals surface area contributed by atoms with Crippen molar-refractivity contribution in [3.63, 3.8) is 0 Å². The van der Waals surface area contributed by atoms with Crippen LogP contribution >= 0.6 is 0 Å². The summed E-state index contributed by atoms with van der Waals surface area (Å²) in [4.78, 5) is 4.45. The van der Waals surface area contributed by atoms with Gasteiger partial charge < -0.3 is 9.26 Å². The molecule has 1 aliphatic heterocycles. The maximum atomic E-state index is 12.2. The minimum absolute atomic E-state index is 0.213. The van der Waals surface area contributed by atoms with E-state index in [1.165, 1.54) is 4.31 Å². The zero-order valence-electron chi connectivity index (χ0n) is 15.9. The molecule has 0 saturated heterocycles. The molecular weight excluding hydrogens is 370 g/mol. The van der Waals surface area contributed by atoms with Gasteiger partial charge in [0, 0.05) is 43.7 Å². The molecule has 3 heterocycles. The molecule has 0 spiro atoms. The van der Waals surface area contributed by atoms with E-state index in [1.54, 1.807) is 7.05 Å². The summed E-state index contributed by atoms with van der Waals surface area (Å²) in [5.74, 6) is 0.839. The summed E-state index contributed by atoms with van der Waals surface area (Å²) in [7, 11) is -1.58. The molecule has 4 rings (SSSR count). The predicted octanol–water partition coefficient (Wildman–Crippen LogP) is 1.55. The Morgan fingerprint density at radius 1 is 1.33 bits per heavy atom. The van der Waals surface area contributed by atoms with E-state index >= 15 is 0 Å². The highest BCUT2D eigenvalue weighted by atomic mass is 32.2. The van der Waals surface area contributed by atoms with Crippen LogP contribution in [-0.2, 0) is 34.2 Å². The van der Waals surface area contributed by atoms with Gasteiger partial charge in [0.1, 0.15) is 0 Å². The van der Waals surface area contributed by atoms with Crippen LogP contribution in [0.2, 0.25) is 0 Å². The van der Waals surface area contributed by atoms with Crippen LogP contribution in [0.1, 0.15) is 49.8 Å². The topological polar surface area (TPSA) is 103 Å². The van der Waals surface area contributed by atoms with Crippen LogP contribution in [0.25, 0.3) is 11.6 Å². The van der Waals surface area contributed by atoms with E-state index < -0.39 is 10.0 Å². The molecule has 1 aliphatic carbocycles. The van der Waals surface area contributed by atoms with E-state index in [0.717, 1.165) is 30.5 Å². The van der Waals surface area contributed by atoms with Crippen molar-refractivity contribution in [1.29, 1.82) is 0 Å². The molecule has 2 aromatic rings. The molecule has 1 fully saturated rings. The van der Waals surface area contributed by atoms with E-state index in [0.29, 0.717) is 43.6 Å². The summed E-state index contributed by atoms with van der Waals surface area (Å²) in [6.07, 6.45) is 2.72. The van der Waals surface area contributed by atoms with Crippen molar-refractivity contribution in [2.45, 2.75) is 57.4 Å². The van der Waals surface area contributed by atoms with Gasteiger partial charge in [0.05, 0.1) is 18.5 Å². The fourth-order valence-corrected chi connectivity index (χ4v) is 4.91. The first-order chi connectivity index (χ1) is 12.9. The van der Waals surface area contributed by atoms with E-state index in [2.05, 4.69) is 29.1 Å². The van der Waals surface area contributed by atoms with Crippen LogP contribution in [0.3, 0.4) is 0 Å². The minimum atomic E-state index is -3.18. The van der Waals surface area contributed by atoms with Gasteiger partial charge in [-0.25, -0.2) is 12.7 Å². The molecule has 1 saturated carbocycles. The molecule has 9 nitrogen and oxygen atoms in total. The maximum Gasteiger partial charge on any atom is 0.278 e. The fraction of sp³-hybridized carbons (Fsp3) is 0.706. The lowest BCUT2D eigenvalue weighted by molar-refractivity contribution is 0.108. The molecule has 0 bridgehead atoms. The highest BCUT2D eigenvalue weighted by molar-refractivity contribution is 7.90. The molecule has 0 radical (unpaired) electrons. The average molecular weight is 395 g/mol. The summed E-state index contributed by atoms with van der Waals surface area (Å²) < 4.78 is 38.8. The molecular formula is C17H25N5O4S. The van der Waals surface area contributed by atoms with Crippen molar-refractivity contribution in [1.82, 2.24) is 24.2 Å². The van der Waals surface area contributed by atoms with Gasteiger partial charge in [-0.05, 0) is 26.7 Å². The molecule has 0 N–H and O–H groups in total. The number of hydrogen-bond acceptors (Lipinski definition) is 7. The largest absolute Gasteiger partial charge is 0.376 e. The zero-order chi connectivity index (χ0) is 19.2. The lowest BCUT2D eigenvalue weighted by Crippen LogP contribution is -2.31. The molecule has 0 amide bonds. The summed E-state index contributed by atoms with van der Waals surface area (Å²) in [6, 6.07) is 0.231. The van der Waals surface area contributed by atoms with Crippen molar-refractivity contribution in [2.75, 3.05) is 20.2 Å². The second-order valence-corrected chi connectivity index (χ2v) is 9.77. The first-order valence-corrected chi connectivity index (χ1v) is 10.8. The molecule has 2 aromatic heterocycles. The van der Waals surface area contributed by atoms with Gasteiger partial charge in [-0.1, -0.05) is 5.16 Å². The van der Waals surface area contributed by atoms with Gasteiger partial charge in [0.25, 0.3) is 5.89 Å². The van der Waals surface area contributed by atoms with Crippen molar-refractivity contribution >= 4 is 10.0 Å². The Bertz CT molecular complexity index is 929. The van der Waals surface area contributed by atoms with Crippen molar-refractivity contribution in [2.24, 2.45) is 0 Å². The fourth-order valence-electron chi connectivity index (χ4n) is 3.32. The third-order valence-electron chi connectivity index (χ3n) is 5.04. The van der Waals surface area contributed by atoms with Crippen molar-refractivity contribution in [3.05, 3.63) is 17.1 Å². The number of sulfonamides is 1. The third kappa shape index (κ3) is 3.53. The molecule has 0 aromatic carbocycles.